The van der Waals surface area contributed by atoms with Crippen LogP contribution < -0.4 is 0 Å². The fourth-order valence-corrected chi connectivity index (χ4v) is 4.91. The average molecular weight is 413 g/mol. The Morgan fingerprint density at radius 1 is 1.27 bits per heavy atom. The van der Waals surface area contributed by atoms with Crippen LogP contribution in [0.15, 0.2) is 58.2 Å². The second kappa shape index (κ2) is 10.2. The van der Waals surface area contributed by atoms with Crippen molar-refractivity contribution in [2.75, 3.05) is 7.11 Å². The van der Waals surface area contributed by atoms with Gasteiger partial charge in [0.2, 0.25) is 0 Å². The monoisotopic (exact) mass is 412 g/mol. The maximum Gasteiger partial charge on any atom is 0.330 e. The van der Waals surface area contributed by atoms with E-state index in [2.05, 4.69) is 23.8 Å². The molecular weight excluding hydrogens is 376 g/mol. The van der Waals surface area contributed by atoms with Gasteiger partial charge < -0.3 is 9.84 Å². The number of methoxy groups -OCH3 is 1. The number of carbonyl (C=O) groups excluding carboxylic acids is 2. The fourth-order valence-electron chi connectivity index (χ4n) is 4.91. The van der Waals surface area contributed by atoms with Crippen LogP contribution in [0.3, 0.4) is 0 Å². The Balaban J connectivity index is 2.45. The molecule has 1 saturated carbocycles. The average Bonchev–Trinajstić information content (AvgIpc) is 2.66. The van der Waals surface area contributed by atoms with E-state index in [4.69, 9.17) is 0 Å². The molecule has 2 aliphatic rings. The van der Waals surface area contributed by atoms with E-state index in [-0.39, 0.29) is 29.6 Å². The van der Waals surface area contributed by atoms with E-state index in [0.29, 0.717) is 12.2 Å². The van der Waals surface area contributed by atoms with Gasteiger partial charge in [0.1, 0.15) is 5.78 Å². The molecule has 5 atom stereocenters. The zero-order chi connectivity index (χ0) is 22.6. The molecule has 4 nitrogen and oxygen atoms in total. The van der Waals surface area contributed by atoms with Crippen LogP contribution >= 0.6 is 0 Å². The van der Waals surface area contributed by atoms with E-state index in [9.17, 15) is 14.7 Å². The number of hydrogen-bond donors (Lipinski definition) is 1. The lowest BCUT2D eigenvalue weighted by Crippen LogP contribution is -2.39. The molecule has 0 bridgehead atoms. The lowest BCUT2D eigenvalue weighted by Gasteiger charge is -2.42. The SMILES string of the molecule is COC(=O)C=CC(C)=CC(C)=CC1C(CC(C)O)=C(C)C=C2CC(C)C(=O)C(C)C21. The van der Waals surface area contributed by atoms with Crippen LogP contribution in [0.25, 0.3) is 0 Å². The Bertz CT molecular complexity index is 835. The number of aliphatic hydroxyl groups excluding tert-OH is 1. The highest BCUT2D eigenvalue weighted by atomic mass is 16.5. The first kappa shape index (κ1) is 24.1. The molecule has 1 fully saturated rings. The number of rotatable bonds is 6. The van der Waals surface area contributed by atoms with Gasteiger partial charge in [0.25, 0.3) is 0 Å². The Hall–Kier alpha value is -2.20. The highest BCUT2D eigenvalue weighted by molar-refractivity contribution is 5.85. The van der Waals surface area contributed by atoms with Crippen LogP contribution in [0, 0.1) is 23.7 Å². The number of carbonyl (C=O) groups is 2. The van der Waals surface area contributed by atoms with Crippen molar-refractivity contribution < 1.29 is 19.4 Å². The Morgan fingerprint density at radius 2 is 1.93 bits per heavy atom. The van der Waals surface area contributed by atoms with Crippen molar-refractivity contribution in [1.82, 2.24) is 0 Å². The highest BCUT2D eigenvalue weighted by Gasteiger charge is 2.42. The fraction of sp³-hybridized carbons (Fsp3) is 0.538. The molecule has 2 rings (SSSR count). The van der Waals surface area contributed by atoms with Crippen molar-refractivity contribution in [3.63, 3.8) is 0 Å². The predicted octanol–water partition coefficient (Wildman–Crippen LogP) is 5.11. The molecule has 0 spiro atoms. The molecule has 0 heterocycles. The van der Waals surface area contributed by atoms with Gasteiger partial charge >= 0.3 is 5.97 Å². The van der Waals surface area contributed by atoms with E-state index in [0.717, 1.165) is 17.6 Å². The van der Waals surface area contributed by atoms with Crippen LogP contribution in [-0.2, 0) is 14.3 Å². The maximum atomic E-state index is 12.8. The third-order valence-electron chi connectivity index (χ3n) is 6.24. The number of ether oxygens (including phenoxy) is 1. The standard InChI is InChI=1S/C26H36O4/c1-15(8-9-24(28)30-7)10-16(2)11-23-22(14-19(5)27)17(3)12-21-13-18(4)26(29)20(6)25(21)23/h8-12,18-20,23,25,27H,13-14H2,1-7H3. The summed E-state index contributed by atoms with van der Waals surface area (Å²) in [5.41, 5.74) is 5.78. The Labute approximate surface area is 181 Å². The number of aliphatic hydroxyl groups is 1. The second-order valence-electron chi connectivity index (χ2n) is 8.98. The summed E-state index contributed by atoms with van der Waals surface area (Å²) in [4.78, 5) is 24.1. The molecule has 0 saturated heterocycles. The summed E-state index contributed by atoms with van der Waals surface area (Å²) >= 11 is 0. The molecule has 4 heteroatoms. The van der Waals surface area contributed by atoms with Gasteiger partial charge in [0.05, 0.1) is 13.2 Å². The number of ketones is 1. The topological polar surface area (TPSA) is 63.6 Å². The van der Waals surface area contributed by atoms with Crippen LogP contribution in [0.1, 0.15) is 54.4 Å². The van der Waals surface area contributed by atoms with Crippen molar-refractivity contribution in [3.8, 4) is 0 Å². The molecule has 30 heavy (non-hydrogen) atoms. The summed E-state index contributed by atoms with van der Waals surface area (Å²) in [7, 11) is 1.36. The van der Waals surface area contributed by atoms with E-state index >= 15 is 0 Å². The number of allylic oxidation sites excluding steroid dienone is 8. The maximum absolute atomic E-state index is 12.8. The quantitative estimate of drug-likeness (QED) is 0.374. The van der Waals surface area contributed by atoms with Crippen molar-refractivity contribution in [2.24, 2.45) is 23.7 Å². The molecule has 0 aromatic carbocycles. The van der Waals surface area contributed by atoms with Crippen molar-refractivity contribution >= 4 is 11.8 Å². The first-order valence-corrected chi connectivity index (χ1v) is 10.8. The van der Waals surface area contributed by atoms with Crippen molar-refractivity contribution in [3.05, 3.63) is 58.2 Å². The number of fused-ring (bicyclic) bond motifs is 1. The highest BCUT2D eigenvalue weighted by Crippen LogP contribution is 2.48. The number of hydrogen-bond acceptors (Lipinski definition) is 4. The van der Waals surface area contributed by atoms with Gasteiger partial charge in [-0.3, -0.25) is 4.79 Å². The van der Waals surface area contributed by atoms with E-state index in [1.165, 1.54) is 29.9 Å². The molecular formula is C26H36O4. The van der Waals surface area contributed by atoms with Crippen LogP contribution in [0.5, 0.6) is 0 Å². The number of Topliss-reactive ketones (excluding diaryl/α,β-unsaturated/α-hetero) is 1. The zero-order valence-corrected chi connectivity index (χ0v) is 19.4. The summed E-state index contributed by atoms with van der Waals surface area (Å²) in [6.07, 6.45) is 10.6. The molecule has 164 valence electrons. The van der Waals surface area contributed by atoms with E-state index in [1.807, 2.05) is 40.7 Å². The predicted molar refractivity (Wildman–Crippen MR) is 121 cm³/mol. The lowest BCUT2D eigenvalue weighted by atomic mass is 9.61. The largest absolute Gasteiger partial charge is 0.466 e. The van der Waals surface area contributed by atoms with Crippen LogP contribution in [0.2, 0.25) is 0 Å². The minimum absolute atomic E-state index is 0.0459. The molecule has 0 aromatic rings. The first-order chi connectivity index (χ1) is 14.0. The summed E-state index contributed by atoms with van der Waals surface area (Å²) in [6.45, 7) is 12.0. The van der Waals surface area contributed by atoms with Crippen molar-refractivity contribution in [2.45, 2.75) is 60.5 Å². The molecule has 1 N–H and O–H groups in total. The van der Waals surface area contributed by atoms with Gasteiger partial charge in [-0.15, -0.1) is 0 Å². The summed E-state index contributed by atoms with van der Waals surface area (Å²) in [6, 6.07) is 0. The third-order valence-corrected chi connectivity index (χ3v) is 6.24. The summed E-state index contributed by atoms with van der Waals surface area (Å²) < 4.78 is 4.64. The van der Waals surface area contributed by atoms with Gasteiger partial charge in [-0.2, -0.15) is 0 Å². The molecule has 2 aliphatic carbocycles. The van der Waals surface area contributed by atoms with Gasteiger partial charge in [0, 0.05) is 23.8 Å². The second-order valence-corrected chi connectivity index (χ2v) is 8.98. The summed E-state index contributed by atoms with van der Waals surface area (Å²) in [5.74, 6) is 0.185. The van der Waals surface area contributed by atoms with Gasteiger partial charge in [0.15, 0.2) is 0 Å². The Kier molecular flexibility index (Phi) is 8.19. The van der Waals surface area contributed by atoms with E-state index < -0.39 is 6.10 Å². The van der Waals surface area contributed by atoms with Crippen molar-refractivity contribution in [1.29, 1.82) is 0 Å². The van der Waals surface area contributed by atoms with Crippen LogP contribution in [0.4, 0.5) is 0 Å². The zero-order valence-electron chi connectivity index (χ0n) is 19.4. The van der Waals surface area contributed by atoms with Crippen LogP contribution in [-0.4, -0.2) is 30.1 Å². The van der Waals surface area contributed by atoms with Gasteiger partial charge in [-0.1, -0.05) is 66.0 Å². The molecule has 5 unspecified atom stereocenters. The molecule has 0 radical (unpaired) electrons. The normalized spacial score (nSPS) is 29.1. The minimum atomic E-state index is -0.435. The first-order valence-electron chi connectivity index (χ1n) is 10.8. The minimum Gasteiger partial charge on any atom is -0.466 e. The van der Waals surface area contributed by atoms with E-state index in [1.54, 1.807) is 6.08 Å². The number of esters is 1. The molecule has 0 aromatic heterocycles. The third kappa shape index (κ3) is 5.69. The van der Waals surface area contributed by atoms with Gasteiger partial charge in [-0.25, -0.2) is 4.79 Å². The summed E-state index contributed by atoms with van der Waals surface area (Å²) in [5, 5.41) is 10.1. The smallest absolute Gasteiger partial charge is 0.330 e. The molecule has 0 amide bonds. The molecule has 0 aliphatic heterocycles. The van der Waals surface area contributed by atoms with Gasteiger partial charge in [-0.05, 0) is 46.5 Å². The Morgan fingerprint density at radius 3 is 2.53 bits per heavy atom. The lowest BCUT2D eigenvalue weighted by molar-refractivity contribution is -0.134.